The van der Waals surface area contributed by atoms with Gasteiger partial charge in [0.25, 0.3) is 0 Å². The van der Waals surface area contributed by atoms with E-state index in [1.54, 1.807) is 24.3 Å². The number of fused-ring (bicyclic) bond motifs is 1. The number of aromatic amines is 1. The highest BCUT2D eigenvalue weighted by atomic mass is 19.1. The van der Waals surface area contributed by atoms with Crippen LogP contribution in [0.3, 0.4) is 0 Å². The average Bonchev–Trinajstić information content (AvgIpc) is 3.02. The Kier molecular flexibility index (Phi) is 5.03. The number of carbonyl (C=O) groups excluding carboxylic acids is 1. The molecule has 0 radical (unpaired) electrons. The van der Waals surface area contributed by atoms with Crippen molar-refractivity contribution in [3.05, 3.63) is 59.5 Å². The van der Waals surface area contributed by atoms with Gasteiger partial charge < -0.3 is 14.8 Å². The monoisotopic (exact) mass is 341 g/mol. The third kappa shape index (κ3) is 3.99. The van der Waals surface area contributed by atoms with Crippen LogP contribution in [0.1, 0.15) is 35.8 Å². The summed E-state index contributed by atoms with van der Waals surface area (Å²) >= 11 is 0. The van der Waals surface area contributed by atoms with E-state index in [-0.39, 0.29) is 17.3 Å². The first kappa shape index (κ1) is 17.0. The quantitative estimate of drug-likeness (QED) is 0.617. The molecule has 3 rings (SSSR count). The fraction of sp³-hybridized carbons (Fsp3) is 0.250. The van der Waals surface area contributed by atoms with Crippen LogP contribution in [0, 0.1) is 5.82 Å². The number of halogens is 1. The molecule has 0 spiro atoms. The van der Waals surface area contributed by atoms with Crippen molar-refractivity contribution >= 4 is 16.7 Å². The van der Waals surface area contributed by atoms with Crippen molar-refractivity contribution in [2.24, 2.45) is 0 Å². The number of H-pyrrole nitrogens is 1. The van der Waals surface area contributed by atoms with Crippen LogP contribution in [-0.2, 0) is 6.42 Å². The number of ketones is 1. The third-order valence-electron chi connectivity index (χ3n) is 4.01. The van der Waals surface area contributed by atoms with Crippen molar-refractivity contribution < 1.29 is 19.0 Å². The number of hydrogen-bond donors (Lipinski definition) is 2. The van der Waals surface area contributed by atoms with Gasteiger partial charge in [0.15, 0.2) is 17.3 Å². The summed E-state index contributed by atoms with van der Waals surface area (Å²) in [6.45, 7) is 2.54. The molecule has 0 aliphatic carbocycles. The molecule has 0 aliphatic heterocycles. The van der Waals surface area contributed by atoms with E-state index < -0.39 is 0 Å². The molecule has 1 aromatic heterocycles. The minimum atomic E-state index is -0.327. The summed E-state index contributed by atoms with van der Waals surface area (Å²) in [4.78, 5) is 15.4. The van der Waals surface area contributed by atoms with Gasteiger partial charge in [-0.1, -0.05) is 13.0 Å². The number of phenols is 1. The Morgan fingerprint density at radius 2 is 2.04 bits per heavy atom. The number of benzene rings is 2. The van der Waals surface area contributed by atoms with Gasteiger partial charge in [0, 0.05) is 17.3 Å². The van der Waals surface area contributed by atoms with Gasteiger partial charge in [-0.15, -0.1) is 0 Å². The number of aromatic nitrogens is 1. The largest absolute Gasteiger partial charge is 0.504 e. The molecule has 0 amide bonds. The van der Waals surface area contributed by atoms with Gasteiger partial charge in [0.2, 0.25) is 0 Å². The van der Waals surface area contributed by atoms with Gasteiger partial charge in [0.1, 0.15) is 5.82 Å². The van der Waals surface area contributed by atoms with Crippen LogP contribution in [0.5, 0.6) is 11.5 Å². The van der Waals surface area contributed by atoms with Crippen LogP contribution in [0.15, 0.2) is 42.5 Å². The van der Waals surface area contributed by atoms with Crippen LogP contribution in [0.2, 0.25) is 0 Å². The topological polar surface area (TPSA) is 62.3 Å². The summed E-state index contributed by atoms with van der Waals surface area (Å²) < 4.78 is 18.7. The van der Waals surface area contributed by atoms with Gasteiger partial charge >= 0.3 is 0 Å². The minimum absolute atomic E-state index is 0.0533. The summed E-state index contributed by atoms with van der Waals surface area (Å²) in [6.07, 6.45) is 1.66. The maximum absolute atomic E-state index is 13.2. The molecule has 25 heavy (non-hydrogen) atoms. The molecule has 5 heteroatoms. The van der Waals surface area contributed by atoms with E-state index in [2.05, 4.69) is 4.98 Å². The molecule has 0 atom stereocenters. The first-order valence-electron chi connectivity index (χ1n) is 8.33. The molecule has 0 saturated heterocycles. The number of Topliss-reactive ketones (excluding diaryl/α,β-unsaturated/α-hetero) is 1. The third-order valence-corrected chi connectivity index (χ3v) is 4.01. The summed E-state index contributed by atoms with van der Waals surface area (Å²) in [5.41, 5.74) is 2.06. The van der Waals surface area contributed by atoms with Crippen LogP contribution in [-0.4, -0.2) is 22.5 Å². The van der Waals surface area contributed by atoms with Crippen molar-refractivity contribution in [3.63, 3.8) is 0 Å². The van der Waals surface area contributed by atoms with Crippen molar-refractivity contribution in [1.82, 2.24) is 4.98 Å². The predicted molar refractivity (Wildman–Crippen MR) is 94.8 cm³/mol. The van der Waals surface area contributed by atoms with E-state index >= 15 is 0 Å². The predicted octanol–water partition coefficient (Wildman–Crippen LogP) is 4.62. The van der Waals surface area contributed by atoms with Crippen LogP contribution >= 0.6 is 0 Å². The second-order valence-electron chi connectivity index (χ2n) is 5.99. The zero-order valence-corrected chi connectivity index (χ0v) is 14.0. The number of rotatable bonds is 7. The molecule has 0 saturated carbocycles. The fourth-order valence-electron chi connectivity index (χ4n) is 2.70. The number of nitrogens with one attached hydrogen (secondary N) is 1. The van der Waals surface area contributed by atoms with Gasteiger partial charge in [0.05, 0.1) is 12.3 Å². The molecular weight excluding hydrogens is 321 g/mol. The molecule has 1 heterocycles. The van der Waals surface area contributed by atoms with E-state index in [1.807, 2.05) is 13.0 Å². The zero-order chi connectivity index (χ0) is 17.8. The average molecular weight is 341 g/mol. The van der Waals surface area contributed by atoms with E-state index in [0.29, 0.717) is 36.3 Å². The van der Waals surface area contributed by atoms with Crippen LogP contribution < -0.4 is 4.74 Å². The number of aryl methyl sites for hydroxylation is 1. The number of ether oxygens (including phenoxy) is 1. The Balaban J connectivity index is 1.65. The molecule has 4 nitrogen and oxygen atoms in total. The first-order valence-corrected chi connectivity index (χ1v) is 8.33. The summed E-state index contributed by atoms with van der Waals surface area (Å²) in [5.74, 6) is 0.155. The second kappa shape index (κ2) is 7.38. The molecule has 130 valence electrons. The summed E-state index contributed by atoms with van der Waals surface area (Å²) in [6, 6.07) is 11.2. The lowest BCUT2D eigenvalue weighted by Crippen LogP contribution is -2.02. The maximum atomic E-state index is 13.2. The van der Waals surface area contributed by atoms with Crippen LogP contribution in [0.4, 0.5) is 4.39 Å². The van der Waals surface area contributed by atoms with Gasteiger partial charge in [-0.25, -0.2) is 4.39 Å². The fourth-order valence-corrected chi connectivity index (χ4v) is 2.70. The van der Waals surface area contributed by atoms with Gasteiger partial charge in [-0.05, 0) is 54.8 Å². The van der Waals surface area contributed by atoms with Crippen molar-refractivity contribution in [2.45, 2.75) is 26.2 Å². The molecular formula is C20H20FNO3. The number of phenolic OH excluding ortho intramolecular Hbond substituents is 1. The summed E-state index contributed by atoms with van der Waals surface area (Å²) in [5, 5.41) is 10.6. The summed E-state index contributed by atoms with van der Waals surface area (Å²) in [7, 11) is 0. The maximum Gasteiger partial charge on any atom is 0.179 e. The second-order valence-corrected chi connectivity index (χ2v) is 5.99. The van der Waals surface area contributed by atoms with Crippen molar-refractivity contribution in [1.29, 1.82) is 0 Å². The molecule has 0 unspecified atom stereocenters. The van der Waals surface area contributed by atoms with E-state index in [1.165, 1.54) is 12.1 Å². The normalized spacial score (nSPS) is 11.0. The highest BCUT2D eigenvalue weighted by Gasteiger charge is 2.11. The van der Waals surface area contributed by atoms with Crippen LogP contribution in [0.25, 0.3) is 10.9 Å². The molecule has 3 aromatic rings. The van der Waals surface area contributed by atoms with E-state index in [9.17, 15) is 14.3 Å². The standard InChI is InChI=1S/C20H20FNO3/c1-2-9-25-20-8-4-13(10-19(20)24)3-7-18(23)17-12-14-11-15(21)5-6-16(14)22-17/h4-6,8,10-12,22,24H,2-3,7,9H2,1H3. The zero-order valence-electron chi connectivity index (χ0n) is 14.0. The lowest BCUT2D eigenvalue weighted by atomic mass is 10.1. The molecule has 0 bridgehead atoms. The van der Waals surface area contributed by atoms with Gasteiger partial charge in [-0.2, -0.15) is 0 Å². The first-order chi connectivity index (χ1) is 12.1. The Morgan fingerprint density at radius 1 is 1.20 bits per heavy atom. The molecule has 2 aromatic carbocycles. The van der Waals surface area contributed by atoms with Gasteiger partial charge in [-0.3, -0.25) is 4.79 Å². The Hall–Kier alpha value is -2.82. The molecule has 2 N–H and O–H groups in total. The van der Waals surface area contributed by atoms with Crippen molar-refractivity contribution in [3.8, 4) is 11.5 Å². The Morgan fingerprint density at radius 3 is 2.80 bits per heavy atom. The number of hydrogen-bond acceptors (Lipinski definition) is 3. The molecule has 0 fully saturated rings. The minimum Gasteiger partial charge on any atom is -0.504 e. The van der Waals surface area contributed by atoms with E-state index in [4.69, 9.17) is 4.74 Å². The van der Waals surface area contributed by atoms with Crippen molar-refractivity contribution in [2.75, 3.05) is 6.61 Å². The lowest BCUT2D eigenvalue weighted by Gasteiger charge is -2.08. The van der Waals surface area contributed by atoms with E-state index in [0.717, 1.165) is 17.5 Å². The SMILES string of the molecule is CCCOc1ccc(CCC(=O)c2cc3cc(F)ccc3[nH]2)cc1O. The highest BCUT2D eigenvalue weighted by Crippen LogP contribution is 2.27. The Bertz CT molecular complexity index is 901. The number of aromatic hydroxyl groups is 1. The Labute approximate surface area is 145 Å². The highest BCUT2D eigenvalue weighted by molar-refractivity contribution is 5.99. The smallest absolute Gasteiger partial charge is 0.179 e. The number of carbonyl (C=O) groups is 1. The lowest BCUT2D eigenvalue weighted by molar-refractivity contribution is 0.0979. The molecule has 0 aliphatic rings.